The van der Waals surface area contributed by atoms with Gasteiger partial charge in [-0.3, -0.25) is 9.59 Å². The first-order chi connectivity index (χ1) is 8.38. The van der Waals surface area contributed by atoms with Crippen LogP contribution in [0.15, 0.2) is 22.7 Å². The summed E-state index contributed by atoms with van der Waals surface area (Å²) in [7, 11) is 0. The molecular formula is C12H13BrClNO3. The van der Waals surface area contributed by atoms with Crippen molar-refractivity contribution in [2.75, 3.05) is 5.32 Å². The minimum Gasteiger partial charge on any atom is -0.481 e. The van der Waals surface area contributed by atoms with Crippen LogP contribution in [0.5, 0.6) is 0 Å². The van der Waals surface area contributed by atoms with Crippen LogP contribution in [0.3, 0.4) is 0 Å². The predicted octanol–water partition coefficient (Wildman–Crippen LogP) is 3.54. The molecule has 18 heavy (non-hydrogen) atoms. The molecule has 1 amide bonds. The Hall–Kier alpha value is -1.07. The van der Waals surface area contributed by atoms with Crippen LogP contribution in [0.4, 0.5) is 5.69 Å². The number of benzene rings is 1. The van der Waals surface area contributed by atoms with Gasteiger partial charge in [-0.25, -0.2) is 0 Å². The van der Waals surface area contributed by atoms with E-state index in [4.69, 9.17) is 16.7 Å². The smallest absolute Gasteiger partial charge is 0.303 e. The highest BCUT2D eigenvalue weighted by Crippen LogP contribution is 2.26. The molecule has 6 heteroatoms. The van der Waals surface area contributed by atoms with E-state index in [2.05, 4.69) is 21.2 Å². The first-order valence-corrected chi connectivity index (χ1v) is 6.52. The third-order valence-corrected chi connectivity index (χ3v) is 3.19. The maximum absolute atomic E-state index is 11.7. The van der Waals surface area contributed by atoms with Crippen molar-refractivity contribution >= 4 is 45.1 Å². The van der Waals surface area contributed by atoms with Gasteiger partial charge in [-0.2, -0.15) is 0 Å². The molecule has 2 N–H and O–H groups in total. The van der Waals surface area contributed by atoms with Crippen molar-refractivity contribution in [3.05, 3.63) is 27.7 Å². The van der Waals surface area contributed by atoms with Gasteiger partial charge >= 0.3 is 5.97 Å². The van der Waals surface area contributed by atoms with E-state index in [0.717, 1.165) is 4.47 Å². The number of carboxylic acid groups (broad SMARTS) is 1. The summed E-state index contributed by atoms with van der Waals surface area (Å²) >= 11 is 9.12. The van der Waals surface area contributed by atoms with E-state index in [1.165, 1.54) is 0 Å². The van der Waals surface area contributed by atoms with E-state index in [1.807, 2.05) is 0 Å². The van der Waals surface area contributed by atoms with Gasteiger partial charge in [0.1, 0.15) is 0 Å². The average Bonchev–Trinajstić information content (AvgIpc) is 2.21. The van der Waals surface area contributed by atoms with Gasteiger partial charge in [-0.05, 0) is 40.0 Å². The number of hydrogen-bond acceptors (Lipinski definition) is 2. The van der Waals surface area contributed by atoms with Gasteiger partial charge in [-0.15, -0.1) is 0 Å². The standard InChI is InChI=1S/C12H13BrClNO3/c1-7(5-12(17)18)4-11(16)15-10-6-8(14)2-3-9(10)13/h2-3,6-7H,4-5H2,1H3,(H,15,16)(H,17,18). The molecule has 0 bridgehead atoms. The van der Waals surface area contributed by atoms with Crippen molar-refractivity contribution in [2.24, 2.45) is 5.92 Å². The maximum Gasteiger partial charge on any atom is 0.303 e. The lowest BCUT2D eigenvalue weighted by molar-refractivity contribution is -0.138. The fourth-order valence-corrected chi connectivity index (χ4v) is 2.00. The van der Waals surface area contributed by atoms with E-state index in [-0.39, 0.29) is 24.7 Å². The van der Waals surface area contributed by atoms with Crippen LogP contribution >= 0.6 is 27.5 Å². The zero-order chi connectivity index (χ0) is 13.7. The molecule has 4 nitrogen and oxygen atoms in total. The molecule has 0 heterocycles. The Bertz CT molecular complexity index is 465. The number of carbonyl (C=O) groups excluding carboxylic acids is 1. The Labute approximate surface area is 118 Å². The third kappa shape index (κ3) is 5.06. The summed E-state index contributed by atoms with van der Waals surface area (Å²) in [4.78, 5) is 22.2. The zero-order valence-electron chi connectivity index (χ0n) is 9.74. The largest absolute Gasteiger partial charge is 0.481 e. The number of anilines is 1. The molecule has 0 spiro atoms. The van der Waals surface area contributed by atoms with Gasteiger partial charge in [0.15, 0.2) is 0 Å². The van der Waals surface area contributed by atoms with E-state index in [1.54, 1.807) is 25.1 Å². The molecule has 0 saturated heterocycles. The van der Waals surface area contributed by atoms with E-state index < -0.39 is 5.97 Å². The number of amides is 1. The van der Waals surface area contributed by atoms with Crippen molar-refractivity contribution in [3.63, 3.8) is 0 Å². The monoisotopic (exact) mass is 333 g/mol. The lowest BCUT2D eigenvalue weighted by Gasteiger charge is -2.10. The number of carbonyl (C=O) groups is 2. The summed E-state index contributed by atoms with van der Waals surface area (Å²) < 4.78 is 0.728. The molecule has 0 radical (unpaired) electrons. The van der Waals surface area contributed by atoms with Gasteiger partial charge in [0.05, 0.1) is 5.69 Å². The molecule has 0 aliphatic carbocycles. The summed E-state index contributed by atoms with van der Waals surface area (Å²) in [6, 6.07) is 5.07. The van der Waals surface area contributed by atoms with Crippen LogP contribution in [0.2, 0.25) is 5.02 Å². The Morgan fingerprint density at radius 3 is 2.72 bits per heavy atom. The van der Waals surface area contributed by atoms with Crippen molar-refractivity contribution in [1.82, 2.24) is 0 Å². The van der Waals surface area contributed by atoms with E-state index in [9.17, 15) is 9.59 Å². The summed E-state index contributed by atoms with van der Waals surface area (Å²) in [5.41, 5.74) is 0.579. The number of carboxylic acids is 1. The van der Waals surface area contributed by atoms with E-state index >= 15 is 0 Å². The maximum atomic E-state index is 11.7. The second-order valence-corrected chi connectivity index (χ2v) is 5.37. The van der Waals surface area contributed by atoms with Crippen LogP contribution in [-0.2, 0) is 9.59 Å². The predicted molar refractivity (Wildman–Crippen MR) is 73.8 cm³/mol. The number of aliphatic carboxylic acids is 1. The Morgan fingerprint density at radius 2 is 2.11 bits per heavy atom. The lowest BCUT2D eigenvalue weighted by atomic mass is 10.0. The summed E-state index contributed by atoms with van der Waals surface area (Å²) in [6.45, 7) is 1.72. The minimum atomic E-state index is -0.903. The normalized spacial score (nSPS) is 11.9. The van der Waals surface area contributed by atoms with Gasteiger partial charge in [0, 0.05) is 22.3 Å². The van der Waals surface area contributed by atoms with Gasteiger partial charge in [-0.1, -0.05) is 18.5 Å². The minimum absolute atomic E-state index is 0.0237. The molecule has 1 aromatic rings. The molecule has 1 atom stereocenters. The fraction of sp³-hybridized carbons (Fsp3) is 0.333. The summed E-state index contributed by atoms with van der Waals surface area (Å²) in [5, 5.41) is 11.8. The van der Waals surface area contributed by atoms with Crippen molar-refractivity contribution in [1.29, 1.82) is 0 Å². The second-order valence-electron chi connectivity index (χ2n) is 4.08. The molecule has 0 fully saturated rings. The molecule has 0 aliphatic rings. The summed E-state index contributed by atoms with van der Waals surface area (Å²) in [5.74, 6) is -1.34. The van der Waals surface area contributed by atoms with Crippen molar-refractivity contribution in [3.8, 4) is 0 Å². The molecule has 98 valence electrons. The Kier molecular flexibility index (Phi) is 5.62. The molecule has 1 rings (SSSR count). The van der Waals surface area contributed by atoms with Gasteiger partial charge in [0.2, 0.25) is 5.91 Å². The van der Waals surface area contributed by atoms with Crippen molar-refractivity contribution in [2.45, 2.75) is 19.8 Å². The molecule has 0 aliphatic heterocycles. The highest BCUT2D eigenvalue weighted by Gasteiger charge is 2.13. The van der Waals surface area contributed by atoms with Crippen molar-refractivity contribution < 1.29 is 14.7 Å². The average molecular weight is 335 g/mol. The number of rotatable bonds is 5. The zero-order valence-corrected chi connectivity index (χ0v) is 12.1. The second kappa shape index (κ2) is 6.75. The lowest BCUT2D eigenvalue weighted by Crippen LogP contribution is -2.17. The summed E-state index contributed by atoms with van der Waals surface area (Å²) in [6.07, 6.45) is 0.134. The Morgan fingerprint density at radius 1 is 1.44 bits per heavy atom. The SMILES string of the molecule is CC(CC(=O)O)CC(=O)Nc1cc(Cl)ccc1Br. The van der Waals surface area contributed by atoms with Crippen LogP contribution in [0, 0.1) is 5.92 Å². The first kappa shape index (κ1) is 15.0. The number of halogens is 2. The van der Waals surface area contributed by atoms with Gasteiger partial charge in [0.25, 0.3) is 0 Å². The van der Waals surface area contributed by atoms with Crippen LogP contribution < -0.4 is 5.32 Å². The first-order valence-electron chi connectivity index (χ1n) is 5.35. The molecular weight excluding hydrogens is 321 g/mol. The molecule has 1 unspecified atom stereocenters. The van der Waals surface area contributed by atoms with Crippen LogP contribution in [0.1, 0.15) is 19.8 Å². The Balaban J connectivity index is 2.59. The molecule has 0 aromatic heterocycles. The third-order valence-electron chi connectivity index (χ3n) is 2.26. The topological polar surface area (TPSA) is 66.4 Å². The van der Waals surface area contributed by atoms with Crippen LogP contribution in [0.25, 0.3) is 0 Å². The number of hydrogen-bond donors (Lipinski definition) is 2. The highest BCUT2D eigenvalue weighted by atomic mass is 79.9. The van der Waals surface area contributed by atoms with E-state index in [0.29, 0.717) is 10.7 Å². The van der Waals surface area contributed by atoms with Gasteiger partial charge < -0.3 is 10.4 Å². The molecule has 1 aromatic carbocycles. The van der Waals surface area contributed by atoms with Crippen LogP contribution in [-0.4, -0.2) is 17.0 Å². The molecule has 0 saturated carbocycles. The fourth-order valence-electron chi connectivity index (χ4n) is 1.48. The quantitative estimate of drug-likeness (QED) is 0.865. The highest BCUT2D eigenvalue weighted by molar-refractivity contribution is 9.10. The number of nitrogens with one attached hydrogen (secondary N) is 1.